The summed E-state index contributed by atoms with van der Waals surface area (Å²) in [4.78, 5) is 4.26. The number of nitrogens with zero attached hydrogens (tertiary/aromatic N) is 3. The van der Waals surface area contributed by atoms with E-state index < -0.39 is 0 Å². The fourth-order valence-corrected chi connectivity index (χ4v) is 3.09. The molecule has 1 aliphatic carbocycles. The SMILES string of the molecule is Oc1c2c(nn1-c1ccccn1)CCC(Nc1ccccc1)C2. The van der Waals surface area contributed by atoms with Gasteiger partial charge in [0.25, 0.3) is 0 Å². The summed E-state index contributed by atoms with van der Waals surface area (Å²) < 4.78 is 1.54. The third-order valence-corrected chi connectivity index (χ3v) is 4.23. The molecule has 1 aliphatic rings. The van der Waals surface area contributed by atoms with E-state index in [0.29, 0.717) is 11.9 Å². The lowest BCUT2D eigenvalue weighted by molar-refractivity contribution is 0.424. The van der Waals surface area contributed by atoms with Crippen LogP contribution in [0.5, 0.6) is 5.88 Å². The predicted octanol–water partition coefficient (Wildman–Crippen LogP) is 2.94. The molecule has 2 aromatic heterocycles. The number of aryl methyl sites for hydroxylation is 1. The molecule has 0 saturated heterocycles. The predicted molar refractivity (Wildman–Crippen MR) is 88.9 cm³/mol. The number of anilines is 1. The van der Waals surface area contributed by atoms with Crippen LogP contribution in [0.25, 0.3) is 5.82 Å². The van der Waals surface area contributed by atoms with Crippen LogP contribution in [-0.4, -0.2) is 25.9 Å². The summed E-state index contributed by atoms with van der Waals surface area (Å²) in [7, 11) is 0. The maximum Gasteiger partial charge on any atom is 0.219 e. The third kappa shape index (κ3) is 2.65. The van der Waals surface area contributed by atoms with Crippen LogP contribution < -0.4 is 5.32 Å². The second-order valence-electron chi connectivity index (χ2n) is 5.80. The number of aromatic hydroxyl groups is 1. The van der Waals surface area contributed by atoms with Gasteiger partial charge in [0, 0.05) is 23.5 Å². The number of para-hydroxylation sites is 1. The largest absolute Gasteiger partial charge is 0.493 e. The average Bonchev–Trinajstić information content (AvgIpc) is 2.93. The summed E-state index contributed by atoms with van der Waals surface area (Å²) in [5, 5.41) is 18.6. The van der Waals surface area contributed by atoms with Gasteiger partial charge in [0.1, 0.15) is 0 Å². The van der Waals surface area contributed by atoms with E-state index >= 15 is 0 Å². The molecule has 0 aliphatic heterocycles. The van der Waals surface area contributed by atoms with E-state index in [1.807, 2.05) is 36.4 Å². The molecule has 0 saturated carbocycles. The normalized spacial score (nSPS) is 16.8. The minimum absolute atomic E-state index is 0.207. The van der Waals surface area contributed by atoms with Gasteiger partial charge in [0.05, 0.1) is 5.69 Å². The molecule has 116 valence electrons. The zero-order valence-electron chi connectivity index (χ0n) is 12.7. The monoisotopic (exact) mass is 306 g/mol. The first-order chi connectivity index (χ1) is 11.3. The van der Waals surface area contributed by atoms with Gasteiger partial charge in [0.2, 0.25) is 5.88 Å². The summed E-state index contributed by atoms with van der Waals surface area (Å²) in [5.41, 5.74) is 3.01. The highest BCUT2D eigenvalue weighted by atomic mass is 16.3. The number of hydrogen-bond donors (Lipinski definition) is 2. The second kappa shape index (κ2) is 5.76. The highest BCUT2D eigenvalue weighted by Gasteiger charge is 2.26. The Kier molecular flexibility index (Phi) is 3.46. The highest BCUT2D eigenvalue weighted by molar-refractivity contribution is 5.46. The van der Waals surface area contributed by atoms with Crippen molar-refractivity contribution in [2.75, 3.05) is 5.32 Å². The van der Waals surface area contributed by atoms with Gasteiger partial charge in [-0.2, -0.15) is 9.78 Å². The van der Waals surface area contributed by atoms with E-state index in [1.54, 1.807) is 6.20 Å². The quantitative estimate of drug-likeness (QED) is 0.781. The van der Waals surface area contributed by atoms with Crippen molar-refractivity contribution in [2.24, 2.45) is 0 Å². The lowest BCUT2D eigenvalue weighted by Gasteiger charge is -2.23. The molecule has 0 fully saturated rings. The van der Waals surface area contributed by atoms with Gasteiger partial charge in [-0.25, -0.2) is 4.98 Å². The van der Waals surface area contributed by atoms with Gasteiger partial charge >= 0.3 is 0 Å². The van der Waals surface area contributed by atoms with Crippen molar-refractivity contribution < 1.29 is 5.11 Å². The summed E-state index contributed by atoms with van der Waals surface area (Å²) in [5.74, 6) is 0.852. The Morgan fingerprint density at radius 1 is 1.09 bits per heavy atom. The lowest BCUT2D eigenvalue weighted by atomic mass is 9.93. The summed E-state index contributed by atoms with van der Waals surface area (Å²) in [6.07, 6.45) is 4.33. The minimum atomic E-state index is 0.207. The standard InChI is InChI=1S/C18H18N4O/c23-18-15-12-14(20-13-6-2-1-3-7-13)9-10-16(15)21-22(18)17-8-4-5-11-19-17/h1-8,11,14,20,23H,9-10,12H2. The first-order valence-electron chi connectivity index (χ1n) is 7.84. The number of benzene rings is 1. The fourth-order valence-electron chi connectivity index (χ4n) is 3.09. The number of fused-ring (bicyclic) bond motifs is 1. The van der Waals surface area contributed by atoms with Crippen molar-refractivity contribution in [3.63, 3.8) is 0 Å². The first kappa shape index (κ1) is 13.8. The van der Waals surface area contributed by atoms with Crippen molar-refractivity contribution in [3.05, 3.63) is 66.0 Å². The Hall–Kier alpha value is -2.82. The van der Waals surface area contributed by atoms with Crippen LogP contribution in [0.3, 0.4) is 0 Å². The van der Waals surface area contributed by atoms with Gasteiger partial charge in [-0.15, -0.1) is 0 Å². The van der Waals surface area contributed by atoms with Crippen molar-refractivity contribution in [2.45, 2.75) is 25.3 Å². The van der Waals surface area contributed by atoms with E-state index in [1.165, 1.54) is 4.68 Å². The number of nitrogens with one attached hydrogen (secondary N) is 1. The zero-order valence-corrected chi connectivity index (χ0v) is 12.7. The molecule has 1 atom stereocenters. The fraction of sp³-hybridized carbons (Fsp3) is 0.222. The Labute approximate surface area is 134 Å². The zero-order chi connectivity index (χ0) is 15.6. The molecule has 0 bridgehead atoms. The molecule has 3 aromatic rings. The molecule has 0 spiro atoms. The second-order valence-corrected chi connectivity index (χ2v) is 5.80. The molecule has 2 heterocycles. The molecule has 0 amide bonds. The summed E-state index contributed by atoms with van der Waals surface area (Å²) in [6.45, 7) is 0. The van der Waals surface area contributed by atoms with Gasteiger partial charge < -0.3 is 10.4 Å². The van der Waals surface area contributed by atoms with Gasteiger partial charge in [-0.05, 0) is 43.5 Å². The number of pyridine rings is 1. The smallest absolute Gasteiger partial charge is 0.219 e. The van der Waals surface area contributed by atoms with E-state index in [-0.39, 0.29) is 5.88 Å². The van der Waals surface area contributed by atoms with Crippen LogP contribution in [0.15, 0.2) is 54.7 Å². The van der Waals surface area contributed by atoms with Crippen LogP contribution in [-0.2, 0) is 12.8 Å². The Morgan fingerprint density at radius 3 is 2.70 bits per heavy atom. The highest BCUT2D eigenvalue weighted by Crippen LogP contribution is 2.31. The molecule has 2 N–H and O–H groups in total. The van der Waals surface area contributed by atoms with E-state index in [2.05, 4.69) is 27.5 Å². The van der Waals surface area contributed by atoms with Gasteiger partial charge in [-0.3, -0.25) is 0 Å². The Morgan fingerprint density at radius 2 is 1.91 bits per heavy atom. The molecule has 5 heteroatoms. The summed E-state index contributed by atoms with van der Waals surface area (Å²) >= 11 is 0. The van der Waals surface area contributed by atoms with E-state index in [9.17, 15) is 5.11 Å². The van der Waals surface area contributed by atoms with Crippen molar-refractivity contribution in [3.8, 4) is 11.7 Å². The molecule has 23 heavy (non-hydrogen) atoms. The molecule has 1 unspecified atom stereocenters. The summed E-state index contributed by atoms with van der Waals surface area (Å²) in [6, 6.07) is 16.1. The maximum absolute atomic E-state index is 10.5. The first-order valence-corrected chi connectivity index (χ1v) is 7.84. The van der Waals surface area contributed by atoms with Gasteiger partial charge in [-0.1, -0.05) is 24.3 Å². The average molecular weight is 306 g/mol. The van der Waals surface area contributed by atoms with E-state index in [0.717, 1.165) is 36.2 Å². The van der Waals surface area contributed by atoms with Crippen LogP contribution in [0.2, 0.25) is 0 Å². The maximum atomic E-state index is 10.5. The van der Waals surface area contributed by atoms with Gasteiger partial charge in [0.15, 0.2) is 5.82 Å². The number of hydrogen-bond acceptors (Lipinski definition) is 4. The third-order valence-electron chi connectivity index (χ3n) is 4.23. The van der Waals surface area contributed by atoms with Crippen LogP contribution >= 0.6 is 0 Å². The Balaban J connectivity index is 1.59. The molecule has 1 aromatic carbocycles. The van der Waals surface area contributed by atoms with Crippen LogP contribution in [0, 0.1) is 0 Å². The van der Waals surface area contributed by atoms with Crippen LogP contribution in [0.4, 0.5) is 5.69 Å². The number of aromatic nitrogens is 3. The van der Waals surface area contributed by atoms with Crippen molar-refractivity contribution in [1.29, 1.82) is 0 Å². The topological polar surface area (TPSA) is 63.0 Å². The minimum Gasteiger partial charge on any atom is -0.493 e. The van der Waals surface area contributed by atoms with Crippen molar-refractivity contribution in [1.82, 2.24) is 14.8 Å². The number of rotatable bonds is 3. The van der Waals surface area contributed by atoms with Crippen molar-refractivity contribution >= 4 is 5.69 Å². The van der Waals surface area contributed by atoms with Crippen LogP contribution in [0.1, 0.15) is 17.7 Å². The molecule has 4 rings (SSSR count). The van der Waals surface area contributed by atoms with E-state index in [4.69, 9.17) is 0 Å². The lowest BCUT2D eigenvalue weighted by Crippen LogP contribution is -2.26. The molecular weight excluding hydrogens is 288 g/mol. The Bertz CT molecular complexity index is 799. The molecular formula is C18H18N4O. The molecule has 5 nitrogen and oxygen atoms in total. The molecule has 0 radical (unpaired) electrons.